The van der Waals surface area contributed by atoms with E-state index in [0.717, 1.165) is 97.1 Å². The third-order valence-corrected chi connectivity index (χ3v) is 11.3. The highest BCUT2D eigenvalue weighted by Gasteiger charge is 2.35. The lowest BCUT2D eigenvalue weighted by Crippen LogP contribution is -2.37. The lowest BCUT2D eigenvalue weighted by molar-refractivity contribution is -0.136. The number of hydrogen-bond donors (Lipinski definition) is 1. The molecule has 0 saturated carbocycles. The second kappa shape index (κ2) is 21.6. The molecule has 49 heavy (non-hydrogen) atoms. The average Bonchev–Trinajstić information content (AvgIpc) is 3.01. The minimum atomic E-state index is -3.40. The number of rotatable bonds is 25. The van der Waals surface area contributed by atoms with Crippen LogP contribution in [0.25, 0.3) is 0 Å². The second-order valence-corrected chi connectivity index (χ2v) is 18.0. The molecule has 4 atom stereocenters. The molecule has 1 unspecified atom stereocenters. The molecule has 1 N–H and O–H groups in total. The van der Waals surface area contributed by atoms with Crippen LogP contribution < -0.4 is 9.47 Å². The van der Waals surface area contributed by atoms with Crippen molar-refractivity contribution in [2.75, 3.05) is 13.3 Å². The fraction of sp³-hybridized carbons (Fsp3) is 0.805. The summed E-state index contributed by atoms with van der Waals surface area (Å²) in [6.07, 6.45) is 18.4. The molecule has 282 valence electrons. The van der Waals surface area contributed by atoms with E-state index in [-0.39, 0.29) is 36.8 Å². The molecule has 0 aromatic heterocycles. The largest absolute Gasteiger partial charge is 0.487 e. The first-order chi connectivity index (χ1) is 23.0. The SMILES string of the molecule is Cc1c(C)c2c(c(C)c1OC(=O)CCC(=O)CCCCCCCOP(C)(=O)O)CC[C@@](C)(CCC[C@H](C)CCC[C@H](C)CCCC(C)C)O2. The number of unbranched alkanes of at least 4 members (excludes halogenated alkanes) is 4. The molecule has 0 radical (unpaired) electrons. The number of hydrogen-bond acceptors (Lipinski definition) is 6. The summed E-state index contributed by atoms with van der Waals surface area (Å²) in [7, 11) is -3.40. The molecule has 8 heteroatoms. The van der Waals surface area contributed by atoms with E-state index in [0.29, 0.717) is 12.2 Å². The molecular weight excluding hydrogens is 635 g/mol. The number of carbonyl (C=O) groups excluding carboxylic acids is 2. The number of Topliss-reactive ketones (excluding diaryl/α,β-unsaturated/α-hetero) is 1. The van der Waals surface area contributed by atoms with Gasteiger partial charge in [-0.1, -0.05) is 91.9 Å². The fourth-order valence-electron chi connectivity index (χ4n) is 7.13. The number of fused-ring (bicyclic) bond motifs is 1. The number of ketones is 1. The van der Waals surface area contributed by atoms with Crippen LogP contribution in [0.5, 0.6) is 11.5 Å². The van der Waals surface area contributed by atoms with Gasteiger partial charge in [-0.2, -0.15) is 0 Å². The van der Waals surface area contributed by atoms with Gasteiger partial charge in [-0.25, -0.2) is 0 Å². The van der Waals surface area contributed by atoms with Crippen molar-refractivity contribution < 1.29 is 33.0 Å². The lowest BCUT2D eigenvalue weighted by Gasteiger charge is -2.38. The van der Waals surface area contributed by atoms with Crippen LogP contribution in [0.15, 0.2) is 0 Å². The monoisotopic (exact) mass is 706 g/mol. The Bertz CT molecular complexity index is 1220. The maximum atomic E-state index is 12.8. The van der Waals surface area contributed by atoms with E-state index < -0.39 is 7.60 Å². The van der Waals surface area contributed by atoms with Gasteiger partial charge in [0.2, 0.25) is 0 Å². The number of carbonyl (C=O) groups is 2. The van der Waals surface area contributed by atoms with Crippen LogP contribution in [-0.4, -0.2) is 35.5 Å². The molecule has 0 saturated heterocycles. The van der Waals surface area contributed by atoms with Gasteiger partial charge in [0.05, 0.1) is 13.0 Å². The molecule has 0 spiro atoms. The van der Waals surface area contributed by atoms with Crippen molar-refractivity contribution in [3.8, 4) is 11.5 Å². The topological polar surface area (TPSA) is 99.1 Å². The molecule has 7 nitrogen and oxygen atoms in total. The molecule has 0 aliphatic carbocycles. The zero-order valence-electron chi connectivity index (χ0n) is 32.7. The van der Waals surface area contributed by atoms with E-state index in [2.05, 4.69) is 41.5 Å². The summed E-state index contributed by atoms with van der Waals surface area (Å²) < 4.78 is 28.7. The van der Waals surface area contributed by atoms with Gasteiger partial charge >= 0.3 is 13.6 Å². The van der Waals surface area contributed by atoms with Gasteiger partial charge in [0.1, 0.15) is 22.9 Å². The highest BCUT2D eigenvalue weighted by atomic mass is 31.2. The number of benzene rings is 1. The van der Waals surface area contributed by atoms with E-state index in [4.69, 9.17) is 18.9 Å². The average molecular weight is 707 g/mol. The molecule has 0 bridgehead atoms. The van der Waals surface area contributed by atoms with Gasteiger partial charge in [-0.3, -0.25) is 14.2 Å². The summed E-state index contributed by atoms with van der Waals surface area (Å²) in [5, 5.41) is 0. The zero-order valence-corrected chi connectivity index (χ0v) is 33.6. The fourth-order valence-corrected chi connectivity index (χ4v) is 7.60. The lowest BCUT2D eigenvalue weighted by atomic mass is 9.83. The normalized spacial score (nSPS) is 18.4. The van der Waals surface area contributed by atoms with Crippen LogP contribution in [-0.2, 0) is 25.1 Å². The highest BCUT2D eigenvalue weighted by molar-refractivity contribution is 7.51. The molecule has 1 aromatic rings. The van der Waals surface area contributed by atoms with E-state index in [9.17, 15) is 14.2 Å². The summed E-state index contributed by atoms with van der Waals surface area (Å²) in [6, 6.07) is 0. The second-order valence-electron chi connectivity index (χ2n) is 16.1. The van der Waals surface area contributed by atoms with Crippen LogP contribution >= 0.6 is 7.60 Å². The van der Waals surface area contributed by atoms with Crippen molar-refractivity contribution in [3.63, 3.8) is 0 Å². The molecule has 1 heterocycles. The Hall–Kier alpha value is -1.69. The zero-order chi connectivity index (χ0) is 36.6. The van der Waals surface area contributed by atoms with E-state index in [1.807, 2.05) is 13.8 Å². The number of esters is 1. The smallest absolute Gasteiger partial charge is 0.325 e. The number of ether oxygens (including phenoxy) is 2. The molecule has 0 amide bonds. The van der Waals surface area contributed by atoms with Crippen molar-refractivity contribution in [1.82, 2.24) is 0 Å². The van der Waals surface area contributed by atoms with Crippen LogP contribution in [0.3, 0.4) is 0 Å². The van der Waals surface area contributed by atoms with Crippen molar-refractivity contribution in [2.45, 2.75) is 183 Å². The Morgan fingerprint density at radius 2 is 1.39 bits per heavy atom. The molecule has 2 rings (SSSR count). The summed E-state index contributed by atoms with van der Waals surface area (Å²) in [4.78, 5) is 34.4. The van der Waals surface area contributed by atoms with Crippen LogP contribution in [0.4, 0.5) is 0 Å². The highest BCUT2D eigenvalue weighted by Crippen LogP contribution is 2.45. The quantitative estimate of drug-likeness (QED) is 0.0467. The van der Waals surface area contributed by atoms with E-state index >= 15 is 0 Å². The van der Waals surface area contributed by atoms with Crippen molar-refractivity contribution in [3.05, 3.63) is 22.3 Å². The maximum Gasteiger partial charge on any atom is 0.325 e. The molecule has 1 aliphatic heterocycles. The predicted octanol–water partition coefficient (Wildman–Crippen LogP) is 11.6. The van der Waals surface area contributed by atoms with Gasteiger partial charge < -0.3 is 18.9 Å². The summed E-state index contributed by atoms with van der Waals surface area (Å²) in [5.41, 5.74) is 3.89. The third kappa shape index (κ3) is 16.9. The molecule has 1 aliphatic rings. The van der Waals surface area contributed by atoms with Crippen molar-refractivity contribution in [2.24, 2.45) is 17.8 Å². The molecular formula is C41H71O7P. The van der Waals surface area contributed by atoms with Crippen LogP contribution in [0.1, 0.15) is 172 Å². The molecule has 0 fully saturated rings. The Morgan fingerprint density at radius 1 is 0.796 bits per heavy atom. The van der Waals surface area contributed by atoms with Crippen LogP contribution in [0, 0.1) is 38.5 Å². The van der Waals surface area contributed by atoms with E-state index in [1.54, 1.807) is 0 Å². The predicted molar refractivity (Wildman–Crippen MR) is 202 cm³/mol. The van der Waals surface area contributed by atoms with Gasteiger partial charge in [-0.15, -0.1) is 0 Å². The van der Waals surface area contributed by atoms with Crippen molar-refractivity contribution >= 4 is 19.3 Å². The Kier molecular flexibility index (Phi) is 19.2. The minimum Gasteiger partial charge on any atom is -0.487 e. The summed E-state index contributed by atoms with van der Waals surface area (Å²) in [6.45, 7) is 19.3. The van der Waals surface area contributed by atoms with Gasteiger partial charge in [0.25, 0.3) is 0 Å². The summed E-state index contributed by atoms with van der Waals surface area (Å²) >= 11 is 0. The van der Waals surface area contributed by atoms with Crippen LogP contribution in [0.2, 0.25) is 0 Å². The Labute approximate surface area is 299 Å². The Balaban J connectivity index is 1.76. The maximum absolute atomic E-state index is 12.8. The first kappa shape index (κ1) is 43.5. The summed E-state index contributed by atoms with van der Waals surface area (Å²) in [5.74, 6) is 3.69. The van der Waals surface area contributed by atoms with Gasteiger partial charge in [-0.05, 0) is 101 Å². The first-order valence-corrected chi connectivity index (χ1v) is 21.5. The first-order valence-electron chi connectivity index (χ1n) is 19.5. The minimum absolute atomic E-state index is 0.0757. The Morgan fingerprint density at radius 3 is 2.02 bits per heavy atom. The van der Waals surface area contributed by atoms with Gasteiger partial charge in [0.15, 0.2) is 0 Å². The van der Waals surface area contributed by atoms with Gasteiger partial charge in [0, 0.05) is 25.1 Å². The standard InChI is InChI=1S/C41H71O7P/c1-30(2)18-15-19-31(3)20-16-21-32(4)22-17-27-41(8)28-26-37-35(7)39(33(5)34(6)40(37)48-41)47-38(43)25-24-36(42)23-13-11-10-12-14-29-46-49(9,44)45/h30-32H,10-29H2,1-9H3,(H,44,45)/t31-,32-,41-/m1/s1. The molecule has 1 aromatic carbocycles. The third-order valence-electron chi connectivity index (χ3n) is 10.6. The van der Waals surface area contributed by atoms with Crippen molar-refractivity contribution in [1.29, 1.82) is 0 Å². The van der Waals surface area contributed by atoms with E-state index in [1.165, 1.54) is 58.0 Å².